The first-order valence-electron chi connectivity index (χ1n) is 10.1. The standard InChI is InChI=1S/C22H29N3O5Si/c1-28-20-11-15(12-21(26)27)5-7-18(20)30-19-8-6-17-16(22(19)23)13-24-25(17)14-29-9-10-31(2,3)4/h5-8,11,13H,9-10,12,14,23H2,1-4H3,(H,26,27). The van der Waals surface area contributed by atoms with E-state index >= 15 is 0 Å². The highest BCUT2D eigenvalue weighted by Gasteiger charge is 2.15. The maximum absolute atomic E-state index is 10.9. The maximum atomic E-state index is 10.9. The van der Waals surface area contributed by atoms with Crippen LogP contribution in [0.2, 0.25) is 25.7 Å². The van der Waals surface area contributed by atoms with E-state index in [-0.39, 0.29) is 6.42 Å². The molecule has 0 saturated heterocycles. The lowest BCUT2D eigenvalue weighted by Crippen LogP contribution is -2.22. The molecule has 0 radical (unpaired) electrons. The van der Waals surface area contributed by atoms with E-state index in [1.54, 1.807) is 35.1 Å². The number of aromatic nitrogens is 2. The summed E-state index contributed by atoms with van der Waals surface area (Å²) >= 11 is 0. The minimum absolute atomic E-state index is 0.0933. The van der Waals surface area contributed by atoms with Gasteiger partial charge in [-0.25, -0.2) is 4.68 Å². The molecule has 0 unspecified atom stereocenters. The van der Waals surface area contributed by atoms with Crippen molar-refractivity contribution >= 4 is 30.6 Å². The summed E-state index contributed by atoms with van der Waals surface area (Å²) in [6, 6.07) is 9.78. The van der Waals surface area contributed by atoms with Crippen LogP contribution in [0, 0.1) is 0 Å². The van der Waals surface area contributed by atoms with E-state index in [0.29, 0.717) is 41.8 Å². The van der Waals surface area contributed by atoms with Crippen molar-refractivity contribution in [2.24, 2.45) is 0 Å². The Hall–Kier alpha value is -3.04. The predicted molar refractivity (Wildman–Crippen MR) is 123 cm³/mol. The van der Waals surface area contributed by atoms with Gasteiger partial charge in [0.15, 0.2) is 17.2 Å². The van der Waals surface area contributed by atoms with Crippen molar-refractivity contribution < 1.29 is 24.1 Å². The zero-order valence-corrected chi connectivity index (χ0v) is 19.3. The number of benzene rings is 2. The molecule has 0 aliphatic carbocycles. The first kappa shape index (κ1) is 22.6. The van der Waals surface area contributed by atoms with Gasteiger partial charge in [-0.3, -0.25) is 4.79 Å². The number of anilines is 1. The number of rotatable bonds is 10. The quantitative estimate of drug-likeness (QED) is 0.272. The van der Waals surface area contributed by atoms with Crippen LogP contribution in [0.15, 0.2) is 36.5 Å². The Morgan fingerprint density at radius 2 is 1.90 bits per heavy atom. The third kappa shape index (κ3) is 5.77. The van der Waals surface area contributed by atoms with Crippen LogP contribution in [-0.4, -0.2) is 42.6 Å². The van der Waals surface area contributed by atoms with Crippen LogP contribution in [0.3, 0.4) is 0 Å². The summed E-state index contributed by atoms with van der Waals surface area (Å²) < 4.78 is 18.9. The molecular formula is C22H29N3O5Si. The molecule has 0 fully saturated rings. The second kappa shape index (κ2) is 9.40. The van der Waals surface area contributed by atoms with Gasteiger partial charge in [0.1, 0.15) is 6.73 Å². The van der Waals surface area contributed by atoms with Crippen molar-refractivity contribution in [3.8, 4) is 17.2 Å². The molecule has 1 heterocycles. The number of carboxylic acid groups (broad SMARTS) is 1. The Balaban J connectivity index is 1.77. The first-order valence-corrected chi connectivity index (χ1v) is 13.8. The van der Waals surface area contributed by atoms with Crippen molar-refractivity contribution in [1.29, 1.82) is 0 Å². The number of nitrogens with two attached hydrogens (primary N) is 1. The first-order chi connectivity index (χ1) is 14.7. The summed E-state index contributed by atoms with van der Waals surface area (Å²) in [5.74, 6) is 0.442. The lowest BCUT2D eigenvalue weighted by Gasteiger charge is -2.15. The highest BCUT2D eigenvalue weighted by molar-refractivity contribution is 6.76. The van der Waals surface area contributed by atoms with Crippen molar-refractivity contribution in [2.75, 3.05) is 19.5 Å². The van der Waals surface area contributed by atoms with Crippen molar-refractivity contribution in [3.63, 3.8) is 0 Å². The molecule has 3 N–H and O–H groups in total. The maximum Gasteiger partial charge on any atom is 0.307 e. The van der Waals surface area contributed by atoms with Crippen molar-refractivity contribution in [1.82, 2.24) is 9.78 Å². The number of aliphatic carboxylic acids is 1. The monoisotopic (exact) mass is 443 g/mol. The summed E-state index contributed by atoms with van der Waals surface area (Å²) in [7, 11) is 0.369. The molecule has 1 aromatic heterocycles. The molecule has 0 aliphatic rings. The molecule has 0 bridgehead atoms. The molecule has 0 atom stereocenters. The highest BCUT2D eigenvalue weighted by atomic mass is 28.3. The molecule has 2 aromatic carbocycles. The fraction of sp³-hybridized carbons (Fsp3) is 0.364. The van der Waals surface area contributed by atoms with Gasteiger partial charge in [-0.15, -0.1) is 0 Å². The second-order valence-corrected chi connectivity index (χ2v) is 14.2. The smallest absolute Gasteiger partial charge is 0.307 e. The van der Waals surface area contributed by atoms with E-state index in [2.05, 4.69) is 24.7 Å². The minimum atomic E-state index is -1.14. The number of ether oxygens (including phenoxy) is 3. The molecule has 3 aromatic rings. The van der Waals surface area contributed by atoms with E-state index in [1.807, 2.05) is 6.07 Å². The summed E-state index contributed by atoms with van der Waals surface area (Å²) in [6.45, 7) is 8.03. The second-order valence-electron chi connectivity index (χ2n) is 8.56. The summed E-state index contributed by atoms with van der Waals surface area (Å²) in [5.41, 5.74) is 8.29. The predicted octanol–water partition coefficient (Wildman–Crippen LogP) is 4.36. The topological polar surface area (TPSA) is 109 Å². The number of hydrogen-bond donors (Lipinski definition) is 2. The van der Waals surface area contributed by atoms with Gasteiger partial charge in [-0.1, -0.05) is 25.7 Å². The molecule has 31 heavy (non-hydrogen) atoms. The average molecular weight is 444 g/mol. The van der Waals surface area contributed by atoms with Gasteiger partial charge >= 0.3 is 5.97 Å². The third-order valence-electron chi connectivity index (χ3n) is 4.84. The molecule has 3 rings (SSSR count). The Labute approximate surface area is 182 Å². The Morgan fingerprint density at radius 3 is 2.58 bits per heavy atom. The molecular weight excluding hydrogens is 414 g/mol. The largest absolute Gasteiger partial charge is 0.493 e. The van der Waals surface area contributed by atoms with Gasteiger partial charge in [0.2, 0.25) is 0 Å². The molecule has 0 aliphatic heterocycles. The van der Waals surface area contributed by atoms with Crippen molar-refractivity contribution in [3.05, 3.63) is 42.1 Å². The van der Waals surface area contributed by atoms with E-state index in [4.69, 9.17) is 25.1 Å². The fourth-order valence-corrected chi connectivity index (χ4v) is 3.83. The van der Waals surface area contributed by atoms with Crippen LogP contribution in [-0.2, 0) is 22.7 Å². The minimum Gasteiger partial charge on any atom is -0.493 e. The van der Waals surface area contributed by atoms with Crippen LogP contribution < -0.4 is 15.2 Å². The SMILES string of the molecule is COc1cc(CC(=O)O)ccc1Oc1ccc2c(cnn2COCC[Si](C)(C)C)c1N. The number of carboxylic acids is 1. The number of hydrogen-bond acceptors (Lipinski definition) is 6. The van der Waals surface area contributed by atoms with E-state index in [0.717, 1.165) is 16.9 Å². The molecule has 0 amide bonds. The number of carbonyl (C=O) groups is 1. The van der Waals surface area contributed by atoms with Crippen LogP contribution in [0.5, 0.6) is 17.2 Å². The summed E-state index contributed by atoms with van der Waals surface area (Å²) in [4.78, 5) is 10.9. The van der Waals surface area contributed by atoms with Crippen LogP contribution >= 0.6 is 0 Å². The lowest BCUT2D eigenvalue weighted by atomic mass is 10.1. The van der Waals surface area contributed by atoms with Gasteiger partial charge in [-0.05, 0) is 35.9 Å². The van der Waals surface area contributed by atoms with Gasteiger partial charge < -0.3 is 25.1 Å². The van der Waals surface area contributed by atoms with Crippen LogP contribution in [0.25, 0.3) is 10.9 Å². The Kier molecular flexibility index (Phi) is 6.86. The van der Waals surface area contributed by atoms with E-state index in [1.165, 1.54) is 7.11 Å². The Morgan fingerprint density at radius 1 is 1.16 bits per heavy atom. The zero-order chi connectivity index (χ0) is 22.6. The Bertz CT molecular complexity index is 1070. The molecule has 0 saturated carbocycles. The summed E-state index contributed by atoms with van der Waals surface area (Å²) in [6.07, 6.45) is 1.61. The van der Waals surface area contributed by atoms with E-state index in [9.17, 15) is 4.79 Å². The normalized spacial score (nSPS) is 11.6. The molecule has 0 spiro atoms. The van der Waals surface area contributed by atoms with Gasteiger partial charge in [0, 0.05) is 20.1 Å². The van der Waals surface area contributed by atoms with Crippen LogP contribution in [0.4, 0.5) is 5.69 Å². The van der Waals surface area contributed by atoms with Gasteiger partial charge in [0.05, 0.1) is 30.9 Å². The van der Waals surface area contributed by atoms with Gasteiger partial charge in [0.25, 0.3) is 0 Å². The average Bonchev–Trinajstić information content (AvgIpc) is 3.11. The zero-order valence-electron chi connectivity index (χ0n) is 18.3. The van der Waals surface area contributed by atoms with Gasteiger partial charge in [-0.2, -0.15) is 5.10 Å². The molecule has 166 valence electrons. The fourth-order valence-electron chi connectivity index (χ4n) is 3.08. The molecule has 9 heteroatoms. The van der Waals surface area contributed by atoms with E-state index < -0.39 is 14.0 Å². The van der Waals surface area contributed by atoms with Crippen molar-refractivity contribution in [2.45, 2.75) is 38.8 Å². The third-order valence-corrected chi connectivity index (χ3v) is 6.55. The molecule has 8 nitrogen and oxygen atoms in total. The number of nitrogens with zero attached hydrogens (tertiary/aromatic N) is 2. The van der Waals surface area contributed by atoms with Crippen LogP contribution in [0.1, 0.15) is 5.56 Å². The lowest BCUT2D eigenvalue weighted by molar-refractivity contribution is -0.136. The summed E-state index contributed by atoms with van der Waals surface area (Å²) in [5, 5.41) is 14.1. The number of methoxy groups -OCH3 is 1. The number of fused-ring (bicyclic) bond motifs is 1. The number of nitrogen functional groups attached to an aromatic ring is 1. The highest BCUT2D eigenvalue weighted by Crippen LogP contribution is 2.38.